The fraction of sp³-hybridized carbons (Fsp3) is 0.200. The highest BCUT2D eigenvalue weighted by molar-refractivity contribution is 6.32. The lowest BCUT2D eigenvalue weighted by Gasteiger charge is -2.33. The number of ether oxygens (including phenoxy) is 2. The van der Waals surface area contributed by atoms with Crippen molar-refractivity contribution in [2.24, 2.45) is 0 Å². The van der Waals surface area contributed by atoms with Crippen LogP contribution in [0.3, 0.4) is 0 Å². The van der Waals surface area contributed by atoms with E-state index in [4.69, 9.17) is 21.1 Å². The predicted molar refractivity (Wildman–Crippen MR) is 125 cm³/mol. The lowest BCUT2D eigenvalue weighted by Crippen LogP contribution is -2.45. The Kier molecular flexibility index (Phi) is 6.61. The van der Waals surface area contributed by atoms with E-state index in [-0.39, 0.29) is 18.4 Å². The molecule has 1 heterocycles. The van der Waals surface area contributed by atoms with Crippen molar-refractivity contribution in [2.45, 2.75) is 19.4 Å². The Hall–Kier alpha value is -3.51. The number of halogens is 1. The van der Waals surface area contributed by atoms with Crippen LogP contribution in [0.25, 0.3) is 0 Å². The first-order valence-electron chi connectivity index (χ1n) is 10.3. The molecular formula is C25H23ClN2O4. The van der Waals surface area contributed by atoms with E-state index in [2.05, 4.69) is 5.32 Å². The number of carbonyl (C=O) groups excluding carboxylic acids is 2. The number of nitrogens with one attached hydrogen (secondary N) is 1. The van der Waals surface area contributed by atoms with E-state index in [0.717, 1.165) is 5.56 Å². The Morgan fingerprint density at radius 1 is 1.09 bits per heavy atom. The number of fused-ring (bicyclic) bond motifs is 1. The Labute approximate surface area is 191 Å². The lowest BCUT2D eigenvalue weighted by atomic mass is 10.1. The lowest BCUT2D eigenvalue weighted by molar-refractivity contribution is -0.125. The zero-order valence-electron chi connectivity index (χ0n) is 17.6. The van der Waals surface area contributed by atoms with E-state index < -0.39 is 6.10 Å². The molecule has 3 aromatic carbocycles. The molecule has 1 aliphatic heterocycles. The van der Waals surface area contributed by atoms with Gasteiger partial charge in [-0.1, -0.05) is 54.1 Å². The molecule has 1 aliphatic rings. The molecule has 164 valence electrons. The molecule has 4 rings (SSSR count). The predicted octanol–water partition coefficient (Wildman–Crippen LogP) is 4.71. The molecule has 3 aromatic rings. The fourth-order valence-electron chi connectivity index (χ4n) is 3.50. The molecule has 1 atom stereocenters. The number of para-hydroxylation sites is 1. The standard InChI is InChI=1S/C25H23ClN2O4/c1-17-25(30)28(14-13-18-7-3-2-4-8-18)21-15-19(11-12-23(21)32-17)27-24(29)16-31-22-10-6-5-9-20(22)26/h2-12,15,17H,13-14,16H2,1H3,(H,27,29). The molecule has 32 heavy (non-hydrogen) atoms. The molecule has 1 N–H and O–H groups in total. The molecule has 7 heteroatoms. The molecule has 6 nitrogen and oxygen atoms in total. The average molecular weight is 451 g/mol. The number of hydrogen-bond donors (Lipinski definition) is 1. The third-order valence-electron chi connectivity index (χ3n) is 5.11. The quantitative estimate of drug-likeness (QED) is 0.565. The van der Waals surface area contributed by atoms with Gasteiger partial charge < -0.3 is 19.7 Å². The highest BCUT2D eigenvalue weighted by atomic mass is 35.5. The molecule has 0 fully saturated rings. The second kappa shape index (κ2) is 9.75. The van der Waals surface area contributed by atoms with Crippen LogP contribution in [0.5, 0.6) is 11.5 Å². The first-order valence-corrected chi connectivity index (χ1v) is 10.7. The van der Waals surface area contributed by atoms with Crippen LogP contribution in [0.4, 0.5) is 11.4 Å². The zero-order chi connectivity index (χ0) is 22.5. The fourth-order valence-corrected chi connectivity index (χ4v) is 3.69. The topological polar surface area (TPSA) is 67.9 Å². The van der Waals surface area contributed by atoms with Crippen molar-refractivity contribution in [1.29, 1.82) is 0 Å². The highest BCUT2D eigenvalue weighted by Crippen LogP contribution is 2.36. The van der Waals surface area contributed by atoms with E-state index >= 15 is 0 Å². The molecule has 1 unspecified atom stereocenters. The Morgan fingerprint density at radius 3 is 2.62 bits per heavy atom. The van der Waals surface area contributed by atoms with Gasteiger partial charge in [-0.15, -0.1) is 0 Å². The van der Waals surface area contributed by atoms with Crippen LogP contribution >= 0.6 is 11.6 Å². The molecule has 0 aliphatic carbocycles. The molecule has 0 aromatic heterocycles. The molecule has 0 radical (unpaired) electrons. The summed E-state index contributed by atoms with van der Waals surface area (Å²) < 4.78 is 11.3. The summed E-state index contributed by atoms with van der Waals surface area (Å²) in [5.41, 5.74) is 2.32. The van der Waals surface area contributed by atoms with Gasteiger partial charge in [-0.05, 0) is 49.2 Å². The van der Waals surface area contributed by atoms with E-state index in [9.17, 15) is 9.59 Å². The molecular weight excluding hydrogens is 428 g/mol. The molecule has 0 spiro atoms. The van der Waals surface area contributed by atoms with Crippen LogP contribution in [0.2, 0.25) is 5.02 Å². The number of amides is 2. The Bertz CT molecular complexity index is 1120. The van der Waals surface area contributed by atoms with E-state index in [1.807, 2.05) is 30.3 Å². The van der Waals surface area contributed by atoms with Crippen molar-refractivity contribution in [1.82, 2.24) is 0 Å². The number of benzene rings is 3. The van der Waals surface area contributed by atoms with Crippen molar-refractivity contribution in [3.8, 4) is 11.5 Å². The summed E-state index contributed by atoms with van der Waals surface area (Å²) in [6.07, 6.45) is 0.142. The summed E-state index contributed by atoms with van der Waals surface area (Å²) in [4.78, 5) is 26.9. The van der Waals surface area contributed by atoms with Gasteiger partial charge in [0.05, 0.1) is 10.7 Å². The van der Waals surface area contributed by atoms with Crippen LogP contribution in [-0.4, -0.2) is 31.1 Å². The zero-order valence-corrected chi connectivity index (χ0v) is 18.3. The van der Waals surface area contributed by atoms with Gasteiger partial charge in [-0.3, -0.25) is 9.59 Å². The summed E-state index contributed by atoms with van der Waals surface area (Å²) in [6.45, 7) is 2.06. The van der Waals surface area contributed by atoms with Crippen LogP contribution in [0.1, 0.15) is 12.5 Å². The van der Waals surface area contributed by atoms with Crippen molar-refractivity contribution in [2.75, 3.05) is 23.4 Å². The minimum absolute atomic E-state index is 0.112. The van der Waals surface area contributed by atoms with Gasteiger partial charge in [0.15, 0.2) is 12.7 Å². The van der Waals surface area contributed by atoms with Crippen LogP contribution < -0.4 is 19.7 Å². The van der Waals surface area contributed by atoms with E-state index in [0.29, 0.717) is 40.9 Å². The second-order valence-electron chi connectivity index (χ2n) is 7.44. The second-order valence-corrected chi connectivity index (χ2v) is 7.84. The summed E-state index contributed by atoms with van der Waals surface area (Å²) in [7, 11) is 0. The molecule has 0 saturated carbocycles. The Balaban J connectivity index is 1.46. The molecule has 0 bridgehead atoms. The van der Waals surface area contributed by atoms with Crippen LogP contribution in [0, 0.1) is 0 Å². The molecule has 2 amide bonds. The summed E-state index contributed by atoms with van der Waals surface area (Å²) >= 11 is 6.05. The smallest absolute Gasteiger partial charge is 0.267 e. The first-order chi connectivity index (χ1) is 15.5. The maximum Gasteiger partial charge on any atom is 0.267 e. The summed E-state index contributed by atoms with van der Waals surface area (Å²) in [6, 6.07) is 22.2. The van der Waals surface area contributed by atoms with E-state index in [1.54, 1.807) is 54.3 Å². The monoisotopic (exact) mass is 450 g/mol. The van der Waals surface area contributed by atoms with Gasteiger partial charge in [0, 0.05) is 12.2 Å². The van der Waals surface area contributed by atoms with Gasteiger partial charge in [-0.2, -0.15) is 0 Å². The summed E-state index contributed by atoms with van der Waals surface area (Å²) in [5.74, 6) is 0.599. The third-order valence-corrected chi connectivity index (χ3v) is 5.43. The number of rotatable bonds is 7. The van der Waals surface area contributed by atoms with Gasteiger partial charge in [-0.25, -0.2) is 0 Å². The summed E-state index contributed by atoms with van der Waals surface area (Å²) in [5, 5.41) is 3.24. The highest BCUT2D eigenvalue weighted by Gasteiger charge is 2.31. The number of carbonyl (C=O) groups is 2. The number of anilines is 2. The van der Waals surface area contributed by atoms with E-state index in [1.165, 1.54) is 0 Å². The third kappa shape index (κ3) is 5.03. The van der Waals surface area contributed by atoms with Crippen molar-refractivity contribution < 1.29 is 19.1 Å². The largest absolute Gasteiger partial charge is 0.482 e. The van der Waals surface area contributed by atoms with Crippen molar-refractivity contribution in [3.63, 3.8) is 0 Å². The van der Waals surface area contributed by atoms with Crippen molar-refractivity contribution >= 4 is 34.8 Å². The normalized spacial score (nSPS) is 15.0. The maximum absolute atomic E-state index is 12.8. The van der Waals surface area contributed by atoms with Crippen LogP contribution in [0.15, 0.2) is 72.8 Å². The average Bonchev–Trinajstić information content (AvgIpc) is 2.80. The van der Waals surface area contributed by atoms with Gasteiger partial charge in [0.25, 0.3) is 11.8 Å². The van der Waals surface area contributed by atoms with Gasteiger partial charge >= 0.3 is 0 Å². The minimum atomic E-state index is -0.567. The maximum atomic E-state index is 12.8. The van der Waals surface area contributed by atoms with Crippen molar-refractivity contribution in [3.05, 3.63) is 83.4 Å². The van der Waals surface area contributed by atoms with Crippen LogP contribution in [-0.2, 0) is 16.0 Å². The minimum Gasteiger partial charge on any atom is -0.482 e. The van der Waals surface area contributed by atoms with Gasteiger partial charge in [0.2, 0.25) is 0 Å². The molecule has 0 saturated heterocycles. The van der Waals surface area contributed by atoms with Gasteiger partial charge in [0.1, 0.15) is 11.5 Å². The number of nitrogens with zero attached hydrogens (tertiary/aromatic N) is 1. The SMILES string of the molecule is CC1Oc2ccc(NC(=O)COc3ccccc3Cl)cc2N(CCc2ccccc2)C1=O. The first kappa shape index (κ1) is 21.7. The number of hydrogen-bond acceptors (Lipinski definition) is 4. The Morgan fingerprint density at radius 2 is 1.84 bits per heavy atom.